The maximum Gasteiger partial charge on any atom is 0.0602 e. The zero-order chi connectivity index (χ0) is 40.8. The normalized spacial score (nSPS) is 35.8. The van der Waals surface area contributed by atoms with Gasteiger partial charge < -0.3 is 19.5 Å². The lowest BCUT2D eigenvalue weighted by Gasteiger charge is -2.49. The van der Waals surface area contributed by atoms with Crippen LogP contribution in [0, 0.1) is 17.8 Å². The van der Waals surface area contributed by atoms with Gasteiger partial charge in [-0.25, -0.2) is 0 Å². The third-order valence-corrected chi connectivity index (χ3v) is 14.4. The van der Waals surface area contributed by atoms with Crippen LogP contribution in [0.1, 0.15) is 146 Å². The van der Waals surface area contributed by atoms with Gasteiger partial charge in [-0.2, -0.15) is 0 Å². The lowest BCUT2D eigenvalue weighted by Crippen LogP contribution is -2.63. The first-order chi connectivity index (χ1) is 26.9. The molecule has 6 rings (SSSR count). The Morgan fingerprint density at radius 1 is 0.439 bits per heavy atom. The van der Waals surface area contributed by atoms with E-state index < -0.39 is 0 Å². The zero-order valence-corrected chi connectivity index (χ0v) is 39.0. The molecule has 0 aromatic rings. The Morgan fingerprint density at radius 2 is 0.825 bits per heavy atom. The van der Waals surface area contributed by atoms with Crippen LogP contribution >= 0.6 is 0 Å². The Bertz CT molecular complexity index is 1160. The molecule has 1 N–H and O–H groups in total. The van der Waals surface area contributed by atoms with Gasteiger partial charge in [0.15, 0.2) is 0 Å². The Hall–Kier alpha value is -0.360. The van der Waals surface area contributed by atoms with Gasteiger partial charge in [0.1, 0.15) is 0 Å². The topological polar surface area (TPSA) is 55.9 Å². The predicted molar refractivity (Wildman–Crippen MR) is 237 cm³/mol. The number of nitrogens with one attached hydrogen (secondary N) is 1. The summed E-state index contributed by atoms with van der Waals surface area (Å²) in [6.45, 7) is 39.4. The van der Waals surface area contributed by atoms with Gasteiger partial charge in [-0.1, -0.05) is 0 Å². The van der Waals surface area contributed by atoms with Crippen LogP contribution in [0.3, 0.4) is 0 Å². The number of nitrogens with zero attached hydrogens (tertiary/aromatic N) is 5. The molecule has 3 heterocycles. The highest BCUT2D eigenvalue weighted by atomic mass is 16.5. The molecule has 0 aromatic carbocycles. The van der Waals surface area contributed by atoms with Crippen LogP contribution in [-0.2, 0) is 14.2 Å². The third kappa shape index (κ3) is 15.5. The average Bonchev–Trinajstić information content (AvgIpc) is 3.12. The molecule has 57 heavy (non-hydrogen) atoms. The fourth-order valence-electron chi connectivity index (χ4n) is 11.7. The number of ether oxygens (including phenoxy) is 3. The van der Waals surface area contributed by atoms with E-state index in [1.807, 2.05) is 0 Å². The second-order valence-corrected chi connectivity index (χ2v) is 23.0. The van der Waals surface area contributed by atoms with E-state index in [4.69, 9.17) is 14.2 Å². The van der Waals surface area contributed by atoms with Crippen molar-refractivity contribution in [1.82, 2.24) is 29.8 Å². The SMILES string of the molecule is C[C@H]1CN(CC2CN(CC3CNCCN3CC3CCC(OC(C)(C)C)CC3)CCN2CC2CCC(OC(C)(C)C)CC2)CCN1C[C@H]1CC[C@H](OC(C)(C)C)CC1. The maximum absolute atomic E-state index is 6.44. The van der Waals surface area contributed by atoms with E-state index in [1.165, 1.54) is 156 Å². The van der Waals surface area contributed by atoms with Crippen molar-refractivity contribution in [3.63, 3.8) is 0 Å². The summed E-state index contributed by atoms with van der Waals surface area (Å²) < 4.78 is 19.2. The summed E-state index contributed by atoms with van der Waals surface area (Å²) in [5.74, 6) is 2.45. The molecule has 0 aromatic heterocycles. The minimum atomic E-state index is -0.0372. The number of rotatable bonds is 13. The van der Waals surface area contributed by atoms with Crippen molar-refractivity contribution in [1.29, 1.82) is 0 Å². The molecule has 2 unspecified atom stereocenters. The van der Waals surface area contributed by atoms with Crippen molar-refractivity contribution in [3.05, 3.63) is 0 Å². The summed E-state index contributed by atoms with van der Waals surface area (Å²) in [4.78, 5) is 14.4. The molecule has 0 spiro atoms. The number of hydrogen-bond donors (Lipinski definition) is 1. The van der Waals surface area contributed by atoms with E-state index in [9.17, 15) is 0 Å². The third-order valence-electron chi connectivity index (χ3n) is 14.4. The summed E-state index contributed by atoms with van der Waals surface area (Å²) >= 11 is 0. The molecule has 3 saturated heterocycles. The summed E-state index contributed by atoms with van der Waals surface area (Å²) in [5, 5.41) is 3.80. The molecule has 332 valence electrons. The van der Waals surface area contributed by atoms with Crippen molar-refractivity contribution in [2.75, 3.05) is 91.6 Å². The van der Waals surface area contributed by atoms with E-state index >= 15 is 0 Å². The largest absolute Gasteiger partial charge is 0.373 e. The van der Waals surface area contributed by atoms with E-state index in [-0.39, 0.29) is 16.8 Å². The van der Waals surface area contributed by atoms with Crippen LogP contribution in [-0.4, -0.2) is 169 Å². The summed E-state index contributed by atoms with van der Waals surface area (Å²) in [5.41, 5.74) is -0.0923. The lowest BCUT2D eigenvalue weighted by atomic mass is 9.86. The zero-order valence-electron chi connectivity index (χ0n) is 39.0. The molecular formula is C48H92N6O3. The Balaban J connectivity index is 1.02. The smallest absolute Gasteiger partial charge is 0.0602 e. The van der Waals surface area contributed by atoms with Gasteiger partial charge >= 0.3 is 0 Å². The second-order valence-electron chi connectivity index (χ2n) is 23.0. The van der Waals surface area contributed by atoms with E-state index in [1.54, 1.807) is 0 Å². The first-order valence-corrected chi connectivity index (χ1v) is 24.3. The van der Waals surface area contributed by atoms with Crippen LogP contribution in [0.5, 0.6) is 0 Å². The molecular weight excluding hydrogens is 709 g/mol. The fourth-order valence-corrected chi connectivity index (χ4v) is 11.7. The summed E-state index contributed by atoms with van der Waals surface area (Å²) in [7, 11) is 0. The molecule has 0 bridgehead atoms. The number of hydrogen-bond acceptors (Lipinski definition) is 9. The highest BCUT2D eigenvalue weighted by Crippen LogP contribution is 2.33. The van der Waals surface area contributed by atoms with E-state index in [0.717, 1.165) is 30.8 Å². The quantitative estimate of drug-likeness (QED) is 0.206. The van der Waals surface area contributed by atoms with Crippen LogP contribution in [0.25, 0.3) is 0 Å². The average molecular weight is 801 g/mol. The van der Waals surface area contributed by atoms with Crippen molar-refractivity contribution < 1.29 is 14.2 Å². The molecule has 6 aliphatic rings. The Morgan fingerprint density at radius 3 is 1.26 bits per heavy atom. The van der Waals surface area contributed by atoms with Gasteiger partial charge in [-0.05, 0) is 164 Å². The molecule has 3 aliphatic carbocycles. The molecule has 6 fully saturated rings. The molecule has 3 atom stereocenters. The predicted octanol–water partition coefficient (Wildman–Crippen LogP) is 7.37. The van der Waals surface area contributed by atoms with Gasteiger partial charge in [0, 0.05) is 110 Å². The Labute approximate surface area is 352 Å². The lowest BCUT2D eigenvalue weighted by molar-refractivity contribution is -0.0813. The van der Waals surface area contributed by atoms with Crippen molar-refractivity contribution >= 4 is 0 Å². The van der Waals surface area contributed by atoms with Gasteiger partial charge in [-0.15, -0.1) is 0 Å². The molecule has 0 amide bonds. The Kier molecular flexibility index (Phi) is 16.7. The highest BCUT2D eigenvalue weighted by Gasteiger charge is 2.37. The van der Waals surface area contributed by atoms with Gasteiger partial charge in [0.05, 0.1) is 35.1 Å². The van der Waals surface area contributed by atoms with Gasteiger partial charge in [0.25, 0.3) is 0 Å². The van der Waals surface area contributed by atoms with E-state index in [2.05, 4.69) is 99.1 Å². The van der Waals surface area contributed by atoms with Crippen LogP contribution < -0.4 is 5.32 Å². The van der Waals surface area contributed by atoms with Crippen molar-refractivity contribution in [2.45, 2.75) is 200 Å². The molecule has 0 radical (unpaired) electrons. The molecule has 9 heteroatoms. The summed E-state index contributed by atoms with van der Waals surface area (Å²) in [6.07, 6.45) is 16.7. The number of piperazine rings is 3. The van der Waals surface area contributed by atoms with Crippen LogP contribution in [0.4, 0.5) is 0 Å². The first-order valence-electron chi connectivity index (χ1n) is 24.3. The molecule has 3 saturated carbocycles. The maximum atomic E-state index is 6.44. The summed E-state index contributed by atoms with van der Waals surface area (Å²) in [6, 6.07) is 1.86. The van der Waals surface area contributed by atoms with Crippen molar-refractivity contribution in [3.8, 4) is 0 Å². The minimum absolute atomic E-state index is 0.0250. The molecule has 3 aliphatic heterocycles. The minimum Gasteiger partial charge on any atom is -0.373 e. The standard InChI is InChI=1S/C48H92N6O3/c1-37-30-50(25-27-52(37)31-38-11-17-43(18-12-38)55-46(2,3)4)35-42-36-51(26-28-54(42)33-40-15-21-45(22-16-40)57-48(8,9)10)34-41-29-49-23-24-53(41)32-39-13-19-44(20-14-39)56-47(5,6)7/h37-45,49H,11-36H2,1-10H3/t37-,38-,39?,40?,41?,42?,43-,44?,45?/m0/s1. The second kappa shape index (κ2) is 20.7. The van der Waals surface area contributed by atoms with Crippen LogP contribution in [0.15, 0.2) is 0 Å². The van der Waals surface area contributed by atoms with Gasteiger partial charge in [-0.3, -0.25) is 24.5 Å². The van der Waals surface area contributed by atoms with Crippen molar-refractivity contribution in [2.24, 2.45) is 17.8 Å². The van der Waals surface area contributed by atoms with E-state index in [0.29, 0.717) is 36.4 Å². The molecule has 9 nitrogen and oxygen atoms in total. The fraction of sp³-hybridized carbons (Fsp3) is 1.00. The first kappa shape index (κ1) is 46.2. The highest BCUT2D eigenvalue weighted by molar-refractivity contribution is 4.93. The van der Waals surface area contributed by atoms with Crippen LogP contribution in [0.2, 0.25) is 0 Å². The van der Waals surface area contributed by atoms with Gasteiger partial charge in [0.2, 0.25) is 0 Å². The monoisotopic (exact) mass is 801 g/mol.